The fourth-order valence-corrected chi connectivity index (χ4v) is 4.99. The molecular formula is C29H31N7. The number of benzene rings is 2. The van der Waals surface area contributed by atoms with Crippen molar-refractivity contribution < 1.29 is 0 Å². The molecule has 4 heterocycles. The summed E-state index contributed by atoms with van der Waals surface area (Å²) < 4.78 is 0. The Bertz CT molecular complexity index is 1510. The van der Waals surface area contributed by atoms with E-state index in [2.05, 4.69) is 103 Å². The van der Waals surface area contributed by atoms with E-state index < -0.39 is 0 Å². The molecule has 0 bridgehead atoms. The van der Waals surface area contributed by atoms with Crippen LogP contribution in [0.3, 0.4) is 0 Å². The lowest BCUT2D eigenvalue weighted by molar-refractivity contribution is 0.328. The highest BCUT2D eigenvalue weighted by atomic mass is 15.1. The highest BCUT2D eigenvalue weighted by Gasteiger charge is 2.10. The number of H-pyrrole nitrogens is 2. The predicted molar refractivity (Wildman–Crippen MR) is 148 cm³/mol. The van der Waals surface area contributed by atoms with Gasteiger partial charge in [0, 0.05) is 84.2 Å². The molecule has 2 aromatic carbocycles. The van der Waals surface area contributed by atoms with Crippen molar-refractivity contribution >= 4 is 43.6 Å². The summed E-state index contributed by atoms with van der Waals surface area (Å²) in [6.45, 7) is 5.25. The molecule has 7 heteroatoms. The molecule has 182 valence electrons. The minimum atomic E-state index is 0.746. The minimum absolute atomic E-state index is 0.746. The first kappa shape index (κ1) is 22.7. The molecule has 0 aliphatic carbocycles. The molecular weight excluding hydrogens is 446 g/mol. The fourth-order valence-electron chi connectivity index (χ4n) is 4.99. The smallest absolute Gasteiger partial charge is 0.0782 e. The van der Waals surface area contributed by atoms with Crippen LogP contribution in [0.5, 0.6) is 0 Å². The summed E-state index contributed by atoms with van der Waals surface area (Å²) in [5.74, 6) is 0. The van der Waals surface area contributed by atoms with Gasteiger partial charge in [-0.3, -0.25) is 9.97 Å². The van der Waals surface area contributed by atoms with Gasteiger partial charge >= 0.3 is 0 Å². The Morgan fingerprint density at radius 3 is 1.61 bits per heavy atom. The summed E-state index contributed by atoms with van der Waals surface area (Å²) in [5.41, 5.74) is 6.69. The van der Waals surface area contributed by atoms with Crippen LogP contribution in [0.4, 0.5) is 0 Å². The lowest BCUT2D eigenvalue weighted by atomic mass is 10.1. The molecule has 0 atom stereocenters. The summed E-state index contributed by atoms with van der Waals surface area (Å²) in [4.78, 5) is 18.6. The SMILES string of the molecule is CN(CCNCc1nccc2c1[nH]c1ccccc12)CCNCc1nccc2c1[nH]c1ccccc12. The van der Waals surface area contributed by atoms with E-state index in [1.807, 2.05) is 12.4 Å². The van der Waals surface area contributed by atoms with Crippen molar-refractivity contribution in [1.82, 2.24) is 35.5 Å². The van der Waals surface area contributed by atoms with Crippen LogP contribution in [0.2, 0.25) is 0 Å². The molecule has 4 aromatic heterocycles. The molecule has 0 saturated carbocycles. The Kier molecular flexibility index (Phi) is 6.34. The summed E-state index contributed by atoms with van der Waals surface area (Å²) in [6.07, 6.45) is 3.81. The van der Waals surface area contributed by atoms with Crippen LogP contribution in [-0.2, 0) is 13.1 Å². The van der Waals surface area contributed by atoms with Gasteiger partial charge in [0.1, 0.15) is 0 Å². The van der Waals surface area contributed by atoms with Crippen molar-refractivity contribution in [3.63, 3.8) is 0 Å². The lowest BCUT2D eigenvalue weighted by Crippen LogP contribution is -2.34. The number of para-hydroxylation sites is 2. The number of fused-ring (bicyclic) bond motifs is 6. The van der Waals surface area contributed by atoms with Crippen molar-refractivity contribution in [1.29, 1.82) is 0 Å². The molecule has 4 N–H and O–H groups in total. The molecule has 0 aliphatic heterocycles. The maximum absolute atomic E-state index is 4.62. The van der Waals surface area contributed by atoms with Crippen LogP contribution in [0.15, 0.2) is 73.1 Å². The Balaban J connectivity index is 0.972. The number of likely N-dealkylation sites (N-methyl/N-ethyl adjacent to an activating group) is 1. The zero-order chi connectivity index (χ0) is 24.3. The minimum Gasteiger partial charge on any atom is -0.353 e. The summed E-state index contributed by atoms with van der Waals surface area (Å²) in [6, 6.07) is 21.0. The predicted octanol–water partition coefficient (Wildman–Crippen LogP) is 4.56. The summed E-state index contributed by atoms with van der Waals surface area (Å²) >= 11 is 0. The van der Waals surface area contributed by atoms with Gasteiger partial charge in [0.2, 0.25) is 0 Å². The van der Waals surface area contributed by atoms with Gasteiger partial charge in [-0.05, 0) is 31.3 Å². The van der Waals surface area contributed by atoms with Crippen LogP contribution in [0, 0.1) is 0 Å². The number of nitrogens with zero attached hydrogens (tertiary/aromatic N) is 3. The van der Waals surface area contributed by atoms with Gasteiger partial charge in [-0.1, -0.05) is 36.4 Å². The highest BCUT2D eigenvalue weighted by Crippen LogP contribution is 2.27. The number of pyridine rings is 2. The second kappa shape index (κ2) is 10.1. The van der Waals surface area contributed by atoms with E-state index >= 15 is 0 Å². The van der Waals surface area contributed by atoms with Crippen molar-refractivity contribution in [3.05, 3.63) is 84.4 Å². The topological polar surface area (TPSA) is 84.7 Å². The molecule has 0 unspecified atom stereocenters. The van der Waals surface area contributed by atoms with Crippen molar-refractivity contribution in [2.75, 3.05) is 33.2 Å². The molecule has 7 nitrogen and oxygen atoms in total. The number of nitrogens with one attached hydrogen (secondary N) is 4. The van der Waals surface area contributed by atoms with Gasteiger partial charge in [0.05, 0.1) is 22.4 Å². The number of rotatable bonds is 10. The number of aromatic nitrogens is 4. The average molecular weight is 478 g/mol. The number of hydrogen-bond acceptors (Lipinski definition) is 5. The van der Waals surface area contributed by atoms with Crippen molar-refractivity contribution in [2.24, 2.45) is 0 Å². The van der Waals surface area contributed by atoms with E-state index in [0.717, 1.165) is 72.7 Å². The largest absolute Gasteiger partial charge is 0.353 e. The van der Waals surface area contributed by atoms with Gasteiger partial charge in [-0.25, -0.2) is 0 Å². The Morgan fingerprint density at radius 2 is 1.11 bits per heavy atom. The van der Waals surface area contributed by atoms with E-state index in [0.29, 0.717) is 0 Å². The molecule has 0 fully saturated rings. The molecule has 0 spiro atoms. The van der Waals surface area contributed by atoms with Gasteiger partial charge in [-0.15, -0.1) is 0 Å². The zero-order valence-corrected chi connectivity index (χ0v) is 20.5. The molecule has 0 radical (unpaired) electrons. The first-order valence-electron chi connectivity index (χ1n) is 12.6. The van der Waals surface area contributed by atoms with Crippen LogP contribution in [-0.4, -0.2) is 58.1 Å². The van der Waals surface area contributed by atoms with E-state index in [1.54, 1.807) is 0 Å². The standard InChI is InChI=1S/C29H31N7/c1-36(16-14-30-18-26-28-22(10-12-32-26)20-6-2-4-8-24(20)34-28)17-15-31-19-27-29-23(11-13-33-27)21-7-3-5-9-25(21)35-29/h2-13,30-31,34-35H,14-19H2,1H3. The normalized spacial score (nSPS) is 12.1. The molecule has 6 aromatic rings. The Labute approximate surface area is 209 Å². The zero-order valence-electron chi connectivity index (χ0n) is 20.5. The summed E-state index contributed by atoms with van der Waals surface area (Å²) in [5, 5.41) is 12.1. The molecule has 0 amide bonds. The quantitative estimate of drug-likeness (QED) is 0.218. The van der Waals surface area contributed by atoms with Crippen LogP contribution >= 0.6 is 0 Å². The third-order valence-electron chi connectivity index (χ3n) is 6.94. The van der Waals surface area contributed by atoms with E-state index in [4.69, 9.17) is 0 Å². The molecule has 36 heavy (non-hydrogen) atoms. The fraction of sp³-hybridized carbons (Fsp3) is 0.241. The third-order valence-corrected chi connectivity index (χ3v) is 6.94. The van der Waals surface area contributed by atoms with E-state index in [9.17, 15) is 0 Å². The number of hydrogen-bond donors (Lipinski definition) is 4. The van der Waals surface area contributed by atoms with Crippen molar-refractivity contribution in [3.8, 4) is 0 Å². The van der Waals surface area contributed by atoms with E-state index in [1.165, 1.54) is 21.5 Å². The maximum atomic E-state index is 4.62. The van der Waals surface area contributed by atoms with Gasteiger partial charge in [-0.2, -0.15) is 0 Å². The molecule has 6 rings (SSSR count). The van der Waals surface area contributed by atoms with Gasteiger partial charge in [0.25, 0.3) is 0 Å². The second-order valence-electron chi connectivity index (χ2n) is 9.36. The molecule has 0 aliphatic rings. The lowest BCUT2D eigenvalue weighted by Gasteiger charge is -2.17. The Morgan fingerprint density at radius 1 is 0.639 bits per heavy atom. The summed E-state index contributed by atoms with van der Waals surface area (Å²) in [7, 11) is 2.16. The second-order valence-corrected chi connectivity index (χ2v) is 9.36. The van der Waals surface area contributed by atoms with Gasteiger partial charge < -0.3 is 25.5 Å². The van der Waals surface area contributed by atoms with Gasteiger partial charge in [0.15, 0.2) is 0 Å². The third kappa shape index (κ3) is 4.44. The van der Waals surface area contributed by atoms with Crippen molar-refractivity contribution in [2.45, 2.75) is 13.1 Å². The first-order chi connectivity index (χ1) is 17.8. The molecule has 0 saturated heterocycles. The Hall–Kier alpha value is -3.78. The van der Waals surface area contributed by atoms with Crippen LogP contribution in [0.25, 0.3) is 43.6 Å². The number of aromatic amines is 2. The van der Waals surface area contributed by atoms with Crippen LogP contribution in [0.1, 0.15) is 11.4 Å². The maximum Gasteiger partial charge on any atom is 0.0782 e. The first-order valence-corrected chi connectivity index (χ1v) is 12.6. The van der Waals surface area contributed by atoms with E-state index in [-0.39, 0.29) is 0 Å². The average Bonchev–Trinajstić information content (AvgIpc) is 3.48. The monoisotopic (exact) mass is 477 g/mol. The van der Waals surface area contributed by atoms with Crippen LogP contribution < -0.4 is 10.6 Å². The highest BCUT2D eigenvalue weighted by molar-refractivity contribution is 6.08.